The quantitative estimate of drug-likeness (QED) is 0.831. The fraction of sp³-hybridized carbons (Fsp3) is 0.273. The number of rotatable bonds is 4. The lowest BCUT2D eigenvalue weighted by molar-refractivity contribution is 0.580. The fourth-order valence-corrected chi connectivity index (χ4v) is 2.21. The lowest BCUT2D eigenvalue weighted by Crippen LogP contribution is -2.00. The van der Waals surface area contributed by atoms with E-state index in [1.807, 2.05) is 0 Å². The lowest BCUT2D eigenvalue weighted by Gasteiger charge is -2.02. The molecule has 0 aliphatic rings. The molecule has 16 heavy (non-hydrogen) atoms. The zero-order valence-electron chi connectivity index (χ0n) is 8.90. The number of thiophene rings is 1. The summed E-state index contributed by atoms with van der Waals surface area (Å²) in [5.74, 6) is -0.00289. The second-order valence-corrected chi connectivity index (χ2v) is 4.55. The van der Waals surface area contributed by atoms with Crippen LogP contribution in [0.25, 0.3) is 0 Å². The normalized spacial score (nSPS) is 10.4. The van der Waals surface area contributed by atoms with Crippen molar-refractivity contribution in [1.29, 1.82) is 0 Å². The smallest absolute Gasteiger partial charge is 0.217 e. The molecular weight excluding hydrogens is 225 g/mol. The van der Waals surface area contributed by atoms with Crippen molar-refractivity contribution in [2.45, 2.75) is 19.9 Å². The molecule has 84 valence electrons. The Kier molecular flexibility index (Phi) is 3.46. The van der Waals surface area contributed by atoms with Gasteiger partial charge in [-0.2, -0.15) is 4.39 Å². The highest BCUT2D eigenvalue weighted by atomic mass is 32.1. The van der Waals surface area contributed by atoms with Gasteiger partial charge in [-0.15, -0.1) is 11.3 Å². The lowest BCUT2D eigenvalue weighted by atomic mass is 10.3. The zero-order chi connectivity index (χ0) is 11.4. The molecule has 0 fully saturated rings. The fourth-order valence-electron chi connectivity index (χ4n) is 1.32. The van der Waals surface area contributed by atoms with E-state index in [-0.39, 0.29) is 0 Å². The van der Waals surface area contributed by atoms with E-state index in [9.17, 15) is 4.39 Å². The van der Waals surface area contributed by atoms with E-state index in [1.54, 1.807) is 11.3 Å². The first-order valence-electron chi connectivity index (χ1n) is 5.07. The molecule has 0 amide bonds. The molecule has 2 rings (SSSR count). The third-order valence-corrected chi connectivity index (χ3v) is 3.37. The summed E-state index contributed by atoms with van der Waals surface area (Å²) >= 11 is 1.76. The number of aromatic nitrogens is 2. The molecule has 0 aliphatic carbocycles. The van der Waals surface area contributed by atoms with Gasteiger partial charge in [-0.05, 0) is 18.6 Å². The molecule has 0 aromatic carbocycles. The van der Waals surface area contributed by atoms with Crippen molar-refractivity contribution in [3.63, 3.8) is 0 Å². The van der Waals surface area contributed by atoms with Gasteiger partial charge in [-0.1, -0.05) is 6.92 Å². The van der Waals surface area contributed by atoms with E-state index >= 15 is 0 Å². The van der Waals surface area contributed by atoms with Gasteiger partial charge in [-0.3, -0.25) is 0 Å². The molecular formula is C11H12FN3S. The molecule has 0 saturated heterocycles. The molecule has 2 aromatic rings. The zero-order valence-corrected chi connectivity index (χ0v) is 9.72. The predicted octanol–water partition coefficient (Wildman–Crippen LogP) is 2.85. The van der Waals surface area contributed by atoms with Gasteiger partial charge in [0.15, 0.2) is 0 Å². The molecule has 5 heteroatoms. The number of hydrogen-bond donors (Lipinski definition) is 1. The van der Waals surface area contributed by atoms with Gasteiger partial charge in [0, 0.05) is 15.8 Å². The molecule has 3 nitrogen and oxygen atoms in total. The molecule has 0 radical (unpaired) electrons. The Balaban J connectivity index is 1.96. The van der Waals surface area contributed by atoms with E-state index in [4.69, 9.17) is 0 Å². The van der Waals surface area contributed by atoms with Crippen LogP contribution in [0.2, 0.25) is 0 Å². The van der Waals surface area contributed by atoms with Crippen LogP contribution in [0.3, 0.4) is 0 Å². The first kappa shape index (κ1) is 11.0. The van der Waals surface area contributed by atoms with Gasteiger partial charge in [0.1, 0.15) is 12.1 Å². The minimum absolute atomic E-state index is 0.513. The Morgan fingerprint density at radius 3 is 2.81 bits per heavy atom. The maximum atomic E-state index is 12.8. The Morgan fingerprint density at radius 2 is 2.12 bits per heavy atom. The van der Waals surface area contributed by atoms with Crippen LogP contribution in [0.1, 0.15) is 16.7 Å². The van der Waals surface area contributed by atoms with Crippen molar-refractivity contribution in [2.75, 3.05) is 5.32 Å². The first-order valence-corrected chi connectivity index (χ1v) is 5.88. The maximum Gasteiger partial charge on any atom is 0.217 e. The Hall–Kier alpha value is -1.49. The predicted molar refractivity (Wildman–Crippen MR) is 63.0 cm³/mol. The number of halogens is 1. The van der Waals surface area contributed by atoms with Crippen molar-refractivity contribution in [2.24, 2.45) is 0 Å². The van der Waals surface area contributed by atoms with Gasteiger partial charge in [0.2, 0.25) is 5.95 Å². The molecule has 2 aromatic heterocycles. The first-order chi connectivity index (χ1) is 7.78. The topological polar surface area (TPSA) is 37.8 Å². The molecule has 0 saturated carbocycles. The highest BCUT2D eigenvalue weighted by Crippen LogP contribution is 2.17. The second kappa shape index (κ2) is 5.03. The Morgan fingerprint density at radius 1 is 1.31 bits per heavy atom. The summed E-state index contributed by atoms with van der Waals surface area (Å²) < 4.78 is 12.8. The van der Waals surface area contributed by atoms with Crippen molar-refractivity contribution in [3.05, 3.63) is 40.2 Å². The molecule has 0 atom stereocenters. The van der Waals surface area contributed by atoms with Crippen molar-refractivity contribution in [3.8, 4) is 0 Å². The summed E-state index contributed by atoms with van der Waals surface area (Å²) in [6, 6.07) is 5.48. The van der Waals surface area contributed by atoms with Crippen molar-refractivity contribution in [1.82, 2.24) is 9.97 Å². The van der Waals surface area contributed by atoms with Gasteiger partial charge < -0.3 is 5.32 Å². The Labute approximate surface area is 97.4 Å². The minimum Gasteiger partial charge on any atom is -0.365 e. The van der Waals surface area contributed by atoms with E-state index in [0.29, 0.717) is 12.4 Å². The summed E-state index contributed by atoms with van der Waals surface area (Å²) in [6.45, 7) is 2.80. The van der Waals surface area contributed by atoms with E-state index in [0.717, 1.165) is 6.42 Å². The summed E-state index contributed by atoms with van der Waals surface area (Å²) in [4.78, 5) is 9.89. The SMILES string of the molecule is CCc1ccc(CNc2cc(F)ncn2)s1. The molecule has 0 bridgehead atoms. The number of aryl methyl sites for hydroxylation is 1. The summed E-state index contributed by atoms with van der Waals surface area (Å²) in [7, 11) is 0. The second-order valence-electron chi connectivity index (χ2n) is 3.30. The van der Waals surface area contributed by atoms with Crippen molar-refractivity contribution < 1.29 is 4.39 Å². The highest BCUT2D eigenvalue weighted by Gasteiger charge is 2.00. The molecule has 0 unspecified atom stereocenters. The number of nitrogens with one attached hydrogen (secondary N) is 1. The van der Waals surface area contributed by atoms with Crippen LogP contribution in [-0.4, -0.2) is 9.97 Å². The summed E-state index contributed by atoms with van der Waals surface area (Å²) in [5, 5.41) is 3.06. The largest absolute Gasteiger partial charge is 0.365 e. The van der Waals surface area contributed by atoms with E-state index in [2.05, 4.69) is 34.3 Å². The maximum absolute atomic E-state index is 12.8. The van der Waals surface area contributed by atoms with Gasteiger partial charge >= 0.3 is 0 Å². The van der Waals surface area contributed by atoms with Crippen molar-refractivity contribution >= 4 is 17.2 Å². The summed E-state index contributed by atoms with van der Waals surface area (Å²) in [5.41, 5.74) is 0. The van der Waals surface area contributed by atoms with E-state index < -0.39 is 5.95 Å². The van der Waals surface area contributed by atoms with E-state index in [1.165, 1.54) is 22.1 Å². The molecule has 1 N–H and O–H groups in total. The average molecular weight is 237 g/mol. The molecule has 0 spiro atoms. The van der Waals surface area contributed by atoms with Crippen LogP contribution in [0.15, 0.2) is 24.5 Å². The Bertz CT molecular complexity index is 470. The standard InChI is InChI=1S/C11H12FN3S/c1-2-8-3-4-9(16-8)6-13-11-5-10(12)14-7-15-11/h3-5,7H,2,6H2,1H3,(H,13,14,15). The van der Waals surface area contributed by atoms with Crippen LogP contribution >= 0.6 is 11.3 Å². The highest BCUT2D eigenvalue weighted by molar-refractivity contribution is 7.12. The average Bonchev–Trinajstić information content (AvgIpc) is 2.74. The van der Waals surface area contributed by atoms with Gasteiger partial charge in [0.05, 0.1) is 6.54 Å². The third-order valence-electron chi connectivity index (χ3n) is 2.14. The van der Waals surface area contributed by atoms with Crippen LogP contribution < -0.4 is 5.32 Å². The van der Waals surface area contributed by atoms with Crippen LogP contribution in [0, 0.1) is 5.95 Å². The number of nitrogens with zero attached hydrogens (tertiary/aromatic N) is 2. The number of anilines is 1. The van der Waals surface area contributed by atoms with Crippen LogP contribution in [0.4, 0.5) is 10.2 Å². The number of hydrogen-bond acceptors (Lipinski definition) is 4. The van der Waals surface area contributed by atoms with Crippen LogP contribution in [-0.2, 0) is 13.0 Å². The monoisotopic (exact) mass is 237 g/mol. The van der Waals surface area contributed by atoms with Crippen LogP contribution in [0.5, 0.6) is 0 Å². The third kappa shape index (κ3) is 2.76. The molecule has 2 heterocycles. The minimum atomic E-state index is -0.516. The van der Waals surface area contributed by atoms with Gasteiger partial charge in [0.25, 0.3) is 0 Å². The molecule has 0 aliphatic heterocycles. The summed E-state index contributed by atoms with van der Waals surface area (Å²) in [6.07, 6.45) is 2.26. The van der Waals surface area contributed by atoms with Gasteiger partial charge in [-0.25, -0.2) is 9.97 Å².